The average Bonchev–Trinajstić information content (AvgIpc) is 3.62. The molecule has 3 saturated heterocycles. The van der Waals surface area contributed by atoms with E-state index in [1.165, 1.54) is 18.1 Å². The van der Waals surface area contributed by atoms with E-state index >= 15 is 4.79 Å². The maximum atomic E-state index is 15.4. The van der Waals surface area contributed by atoms with Crippen LogP contribution in [0.4, 0.5) is 30.4 Å². The number of carbonyl (C=O) groups excluding carboxylic acids is 4. The number of phenols is 1. The number of methoxy groups -OCH3 is 1. The number of aromatic hydroxyl groups is 1. The minimum absolute atomic E-state index is 0.0545. The average molecular weight is 863 g/mol. The van der Waals surface area contributed by atoms with Crippen molar-refractivity contribution < 1.29 is 46.9 Å². The van der Waals surface area contributed by atoms with Crippen molar-refractivity contribution in [1.82, 2.24) is 9.99 Å². The molecule has 1 saturated carbocycles. The summed E-state index contributed by atoms with van der Waals surface area (Å²) >= 11 is 12.7. The van der Waals surface area contributed by atoms with Gasteiger partial charge in [0.1, 0.15) is 0 Å². The Morgan fingerprint density at radius 3 is 2.27 bits per heavy atom. The van der Waals surface area contributed by atoms with Crippen LogP contribution in [0.25, 0.3) is 0 Å². The zero-order chi connectivity index (χ0) is 42.2. The number of morpholine rings is 1. The second-order valence-electron chi connectivity index (χ2n) is 15.5. The van der Waals surface area contributed by atoms with Crippen molar-refractivity contribution in [3.8, 4) is 11.5 Å². The maximum absolute atomic E-state index is 15.4. The van der Waals surface area contributed by atoms with Gasteiger partial charge in [-0.05, 0) is 84.5 Å². The summed E-state index contributed by atoms with van der Waals surface area (Å²) in [6, 6.07) is 18.9. The highest BCUT2D eigenvalue weighted by molar-refractivity contribution is 6.33. The molecule has 60 heavy (non-hydrogen) atoms. The van der Waals surface area contributed by atoms with Crippen LogP contribution in [0.1, 0.15) is 35.4 Å². The number of nitrogens with one attached hydrogen (secondary N) is 1. The summed E-state index contributed by atoms with van der Waals surface area (Å²) < 4.78 is 51.6. The lowest BCUT2D eigenvalue weighted by Crippen LogP contribution is -2.53. The molecule has 17 heteroatoms. The molecule has 4 amide bonds. The smallest absolute Gasteiger partial charge is 0.417 e. The SMILES string of the molecule is COc1cc([C@H]2C3=CC[C@@H]4C(=O)N(c5ccc(N6CCOCC6)cc5)C(=O)[C@@H]4[C@@H]3C[C@H]3C(=O)N(Nc4ncc(C(F)(F)F)cc4Cl)C(=O)[C@@]23c2ccc(Cl)cc2)ccc1O. The molecule has 0 bridgehead atoms. The summed E-state index contributed by atoms with van der Waals surface area (Å²) in [6.07, 6.45) is -2.24. The first-order valence-electron chi connectivity index (χ1n) is 19.2. The molecule has 3 aliphatic heterocycles. The number of anilines is 3. The number of hydrogen-bond donors (Lipinski definition) is 2. The van der Waals surface area contributed by atoms with Gasteiger partial charge >= 0.3 is 6.18 Å². The fourth-order valence-corrected chi connectivity index (χ4v) is 10.3. The monoisotopic (exact) mass is 861 g/mol. The van der Waals surface area contributed by atoms with Crippen LogP contribution < -0.4 is 20.0 Å². The van der Waals surface area contributed by atoms with Crippen LogP contribution in [-0.2, 0) is 35.5 Å². The number of nitrogens with zero attached hydrogens (tertiary/aromatic N) is 4. The molecule has 9 rings (SSSR count). The predicted octanol–water partition coefficient (Wildman–Crippen LogP) is 7.15. The van der Waals surface area contributed by atoms with Crippen LogP contribution in [0.2, 0.25) is 10.0 Å². The Balaban J connectivity index is 1.17. The topological polar surface area (TPSA) is 142 Å². The number of aromatic nitrogens is 1. The number of imide groups is 2. The van der Waals surface area contributed by atoms with Crippen molar-refractivity contribution in [3.63, 3.8) is 0 Å². The molecule has 0 spiro atoms. The number of amides is 4. The molecule has 0 unspecified atom stereocenters. The van der Waals surface area contributed by atoms with Crippen LogP contribution >= 0.6 is 23.2 Å². The van der Waals surface area contributed by atoms with Crippen LogP contribution in [0.5, 0.6) is 11.5 Å². The fraction of sp³-hybridized carbons (Fsp3) is 0.326. The molecular weight excluding hydrogens is 826 g/mol. The van der Waals surface area contributed by atoms with Crippen molar-refractivity contribution in [1.29, 1.82) is 0 Å². The van der Waals surface area contributed by atoms with Gasteiger partial charge in [-0.1, -0.05) is 53.1 Å². The molecule has 12 nitrogen and oxygen atoms in total. The van der Waals surface area contributed by atoms with Crippen molar-refractivity contribution in [2.75, 3.05) is 48.6 Å². The Labute approximate surface area is 351 Å². The van der Waals surface area contributed by atoms with Crippen molar-refractivity contribution in [2.24, 2.45) is 23.7 Å². The molecule has 0 radical (unpaired) electrons. The molecule has 5 aliphatic rings. The van der Waals surface area contributed by atoms with E-state index in [2.05, 4.69) is 15.3 Å². The quantitative estimate of drug-likeness (QED) is 0.146. The lowest BCUT2D eigenvalue weighted by molar-refractivity contribution is -0.139. The second kappa shape index (κ2) is 14.8. The zero-order valence-electron chi connectivity index (χ0n) is 31.8. The summed E-state index contributed by atoms with van der Waals surface area (Å²) in [6.45, 7) is 2.58. The number of halogens is 5. The van der Waals surface area contributed by atoms with Crippen molar-refractivity contribution in [2.45, 2.75) is 30.4 Å². The number of carbonyl (C=O) groups is 4. The molecule has 4 aromatic rings. The summed E-state index contributed by atoms with van der Waals surface area (Å²) in [7, 11) is 1.37. The Bertz CT molecular complexity index is 2460. The van der Waals surface area contributed by atoms with Crippen LogP contribution in [0, 0.1) is 23.7 Å². The van der Waals surface area contributed by atoms with E-state index in [-0.39, 0.29) is 36.1 Å². The first-order chi connectivity index (χ1) is 28.7. The second-order valence-corrected chi connectivity index (χ2v) is 16.3. The van der Waals surface area contributed by atoms with Gasteiger partial charge in [0.2, 0.25) is 11.8 Å². The molecule has 3 aromatic carbocycles. The molecule has 1 aromatic heterocycles. The highest BCUT2D eigenvalue weighted by atomic mass is 35.5. The number of pyridine rings is 1. The first kappa shape index (κ1) is 39.8. The van der Waals surface area contributed by atoms with Gasteiger partial charge < -0.3 is 19.5 Å². The number of allylic oxidation sites excluding steroid dienone is 2. The van der Waals surface area contributed by atoms with Crippen molar-refractivity contribution in [3.05, 3.63) is 117 Å². The van der Waals surface area contributed by atoms with Gasteiger partial charge in [0.25, 0.3) is 11.8 Å². The minimum Gasteiger partial charge on any atom is -0.504 e. The van der Waals surface area contributed by atoms with E-state index in [9.17, 15) is 32.7 Å². The number of benzene rings is 3. The highest BCUT2D eigenvalue weighted by Gasteiger charge is 2.70. The molecule has 2 N–H and O–H groups in total. The third-order valence-corrected chi connectivity index (χ3v) is 13.1. The Morgan fingerprint density at radius 1 is 0.900 bits per heavy atom. The number of rotatable bonds is 7. The summed E-state index contributed by atoms with van der Waals surface area (Å²) in [5.41, 5.74) is 2.56. The van der Waals surface area contributed by atoms with Crippen LogP contribution in [-0.4, -0.2) is 72.1 Å². The van der Waals surface area contributed by atoms with Gasteiger partial charge in [-0.3, -0.25) is 29.5 Å². The van der Waals surface area contributed by atoms with Gasteiger partial charge in [-0.15, -0.1) is 0 Å². The number of ether oxygens (including phenoxy) is 2. The number of fused-ring (bicyclic) bond motifs is 4. The maximum Gasteiger partial charge on any atom is 0.417 e. The predicted molar refractivity (Wildman–Crippen MR) is 213 cm³/mol. The Morgan fingerprint density at radius 2 is 1.60 bits per heavy atom. The molecule has 6 atom stereocenters. The normalized spacial score (nSPS) is 26.5. The molecule has 310 valence electrons. The Hall–Kier alpha value is -5.64. The molecule has 2 aliphatic carbocycles. The van der Waals surface area contributed by atoms with E-state index in [1.54, 1.807) is 48.5 Å². The largest absolute Gasteiger partial charge is 0.504 e. The summed E-state index contributed by atoms with van der Waals surface area (Å²) in [5, 5.41) is 11.3. The lowest BCUT2D eigenvalue weighted by atomic mass is 9.49. The molecule has 4 heterocycles. The molecule has 4 fully saturated rings. The Kier molecular flexibility index (Phi) is 9.83. The van der Waals surface area contributed by atoms with Gasteiger partial charge in [0.05, 0.1) is 59.8 Å². The third kappa shape index (κ3) is 6.19. The standard InChI is InChI=1S/C43H36Cl2F3N5O7/c1-59-34-18-22(2-13-33(34)54)36-28-11-12-29-35(40(57)52(38(29)55)27-9-7-26(8-10-27)51-14-16-60-17-15-51)30(28)20-31-39(56)53(41(58)42(31,36)23-3-5-25(44)6-4-23)50-37-32(45)19-24(21-49-37)43(46,47)48/h2-11,13,18-19,21,29-31,35-36,54H,12,14-17,20H2,1H3,(H,49,50)/t29-,30+,31-,35-,36-,42+/m0/s1. The first-order valence-corrected chi connectivity index (χ1v) is 20.0. The van der Waals surface area contributed by atoms with Crippen molar-refractivity contribution >= 4 is 64.0 Å². The van der Waals surface area contributed by atoms with Gasteiger partial charge in [0, 0.05) is 35.9 Å². The van der Waals surface area contributed by atoms with E-state index in [1.807, 2.05) is 18.2 Å². The van der Waals surface area contributed by atoms with Crippen LogP contribution in [0.15, 0.2) is 90.6 Å². The number of hydrogen-bond acceptors (Lipinski definition) is 10. The van der Waals surface area contributed by atoms with E-state index < -0.39 is 69.5 Å². The van der Waals surface area contributed by atoms with Gasteiger partial charge in [-0.25, -0.2) is 4.98 Å². The van der Waals surface area contributed by atoms with Gasteiger partial charge in [0.15, 0.2) is 17.3 Å². The lowest BCUT2D eigenvalue weighted by Gasteiger charge is -2.50. The summed E-state index contributed by atoms with van der Waals surface area (Å²) in [4.78, 5) is 66.6. The number of phenolic OH excluding ortho intramolecular Hbond substituents is 1. The highest BCUT2D eigenvalue weighted by Crippen LogP contribution is 2.64. The zero-order valence-corrected chi connectivity index (χ0v) is 33.3. The van der Waals surface area contributed by atoms with E-state index in [4.69, 9.17) is 32.7 Å². The minimum atomic E-state index is -4.76. The van der Waals surface area contributed by atoms with Gasteiger partial charge in [-0.2, -0.15) is 18.2 Å². The third-order valence-electron chi connectivity index (χ3n) is 12.6. The summed E-state index contributed by atoms with van der Waals surface area (Å²) in [5.74, 6) is -7.41. The number of alkyl halides is 3. The fourth-order valence-electron chi connectivity index (χ4n) is 9.92. The van der Waals surface area contributed by atoms with E-state index in [0.29, 0.717) is 66.0 Å². The number of hydrazine groups is 1. The van der Waals surface area contributed by atoms with Crippen LogP contribution in [0.3, 0.4) is 0 Å². The molecular formula is C43H36Cl2F3N5O7. The van der Waals surface area contributed by atoms with E-state index in [0.717, 1.165) is 10.7 Å².